The fraction of sp³-hybridized carbons (Fsp3) is 0.316. The third-order valence-corrected chi connectivity index (χ3v) is 4.26. The van der Waals surface area contributed by atoms with Gasteiger partial charge in [0.15, 0.2) is 0 Å². The number of ether oxygens (including phenoxy) is 1. The van der Waals surface area contributed by atoms with Crippen LogP contribution in [-0.4, -0.2) is 18.7 Å². The predicted molar refractivity (Wildman–Crippen MR) is 93.5 cm³/mol. The Balaban J connectivity index is 1.91. The molecule has 1 aliphatic heterocycles. The lowest BCUT2D eigenvalue weighted by molar-refractivity contribution is 0.208. The standard InChI is InChI=1S/C19H22N2O2/c1-12-8-9-18-17(10-12)21(11-14(3)23-18)19(22)20-16-7-5-6-13(2)15(16)4/h5-10,14H,11H2,1-4H3,(H,20,22)/t14-/m1/s1. The summed E-state index contributed by atoms with van der Waals surface area (Å²) in [5.41, 5.74) is 5.03. The van der Waals surface area contributed by atoms with Crippen LogP contribution in [0.3, 0.4) is 0 Å². The summed E-state index contributed by atoms with van der Waals surface area (Å²) in [6, 6.07) is 11.7. The number of rotatable bonds is 1. The average Bonchev–Trinajstić information content (AvgIpc) is 2.51. The molecule has 120 valence electrons. The van der Waals surface area contributed by atoms with Gasteiger partial charge in [0, 0.05) is 5.69 Å². The van der Waals surface area contributed by atoms with Gasteiger partial charge in [0.25, 0.3) is 0 Å². The first-order chi connectivity index (χ1) is 11.0. The van der Waals surface area contributed by atoms with Crippen molar-refractivity contribution in [2.45, 2.75) is 33.8 Å². The Kier molecular flexibility index (Phi) is 3.99. The van der Waals surface area contributed by atoms with Crippen molar-refractivity contribution >= 4 is 17.4 Å². The summed E-state index contributed by atoms with van der Waals surface area (Å²) < 4.78 is 5.84. The van der Waals surface area contributed by atoms with Crippen LogP contribution in [0.25, 0.3) is 0 Å². The molecule has 2 aromatic rings. The van der Waals surface area contributed by atoms with E-state index >= 15 is 0 Å². The van der Waals surface area contributed by atoms with Crippen molar-refractivity contribution in [1.82, 2.24) is 0 Å². The number of amides is 2. The second kappa shape index (κ2) is 5.95. The highest BCUT2D eigenvalue weighted by Crippen LogP contribution is 2.34. The fourth-order valence-corrected chi connectivity index (χ4v) is 2.81. The van der Waals surface area contributed by atoms with Crippen LogP contribution < -0.4 is 15.0 Å². The minimum absolute atomic E-state index is 0.0328. The van der Waals surface area contributed by atoms with Crippen LogP contribution in [0.15, 0.2) is 36.4 Å². The molecule has 0 aromatic heterocycles. The van der Waals surface area contributed by atoms with Crippen LogP contribution in [-0.2, 0) is 0 Å². The maximum Gasteiger partial charge on any atom is 0.326 e. The van der Waals surface area contributed by atoms with Gasteiger partial charge in [0.2, 0.25) is 0 Å². The molecule has 2 amide bonds. The highest BCUT2D eigenvalue weighted by atomic mass is 16.5. The highest BCUT2D eigenvalue weighted by Gasteiger charge is 2.28. The fourth-order valence-electron chi connectivity index (χ4n) is 2.81. The van der Waals surface area contributed by atoms with E-state index in [2.05, 4.69) is 5.32 Å². The Hall–Kier alpha value is -2.49. The lowest BCUT2D eigenvalue weighted by Gasteiger charge is -2.33. The summed E-state index contributed by atoms with van der Waals surface area (Å²) in [6.45, 7) is 8.58. The summed E-state index contributed by atoms with van der Waals surface area (Å²) >= 11 is 0. The maximum atomic E-state index is 12.8. The average molecular weight is 310 g/mol. The molecule has 1 aliphatic rings. The number of benzene rings is 2. The lowest BCUT2D eigenvalue weighted by Crippen LogP contribution is -2.44. The Morgan fingerprint density at radius 2 is 2.00 bits per heavy atom. The summed E-state index contributed by atoms with van der Waals surface area (Å²) in [5.74, 6) is 0.755. The smallest absolute Gasteiger partial charge is 0.326 e. The van der Waals surface area contributed by atoms with Crippen molar-refractivity contribution in [2.75, 3.05) is 16.8 Å². The molecule has 0 bridgehead atoms. The molecule has 0 radical (unpaired) electrons. The Labute approximate surface area is 137 Å². The molecule has 4 heteroatoms. The number of carbonyl (C=O) groups excluding carboxylic acids is 1. The molecule has 23 heavy (non-hydrogen) atoms. The third-order valence-electron chi connectivity index (χ3n) is 4.26. The van der Waals surface area contributed by atoms with Gasteiger partial charge in [-0.15, -0.1) is 0 Å². The number of aryl methyl sites for hydroxylation is 2. The van der Waals surface area contributed by atoms with E-state index in [1.54, 1.807) is 4.90 Å². The first-order valence-corrected chi connectivity index (χ1v) is 7.88. The molecule has 0 spiro atoms. The molecule has 0 saturated carbocycles. The van der Waals surface area contributed by atoms with E-state index in [1.165, 1.54) is 0 Å². The first kappa shape index (κ1) is 15.4. The second-order valence-corrected chi connectivity index (χ2v) is 6.19. The summed E-state index contributed by atoms with van der Waals surface area (Å²) in [7, 11) is 0. The van der Waals surface area contributed by atoms with Gasteiger partial charge < -0.3 is 10.1 Å². The van der Waals surface area contributed by atoms with Gasteiger partial charge >= 0.3 is 6.03 Å². The topological polar surface area (TPSA) is 41.6 Å². The molecule has 1 atom stereocenters. The lowest BCUT2D eigenvalue weighted by atomic mass is 10.1. The van der Waals surface area contributed by atoms with Crippen LogP contribution in [0.2, 0.25) is 0 Å². The zero-order chi connectivity index (χ0) is 16.6. The van der Waals surface area contributed by atoms with Crippen molar-refractivity contribution in [2.24, 2.45) is 0 Å². The molecule has 1 N–H and O–H groups in total. The van der Waals surface area contributed by atoms with Crippen molar-refractivity contribution in [1.29, 1.82) is 0 Å². The predicted octanol–water partition coefficient (Wildman–Crippen LogP) is 4.43. The van der Waals surface area contributed by atoms with E-state index < -0.39 is 0 Å². The van der Waals surface area contributed by atoms with Gasteiger partial charge in [-0.2, -0.15) is 0 Å². The summed E-state index contributed by atoms with van der Waals surface area (Å²) in [6.07, 6.45) is -0.0328. The molecule has 3 rings (SSSR count). The number of hydrogen-bond donors (Lipinski definition) is 1. The van der Waals surface area contributed by atoms with Crippen LogP contribution in [0.5, 0.6) is 5.75 Å². The normalized spacial score (nSPS) is 16.5. The molecule has 0 aliphatic carbocycles. The number of nitrogens with one attached hydrogen (secondary N) is 1. The monoisotopic (exact) mass is 310 g/mol. The van der Waals surface area contributed by atoms with Crippen LogP contribution >= 0.6 is 0 Å². The number of urea groups is 1. The van der Waals surface area contributed by atoms with Crippen molar-refractivity contribution in [3.8, 4) is 5.75 Å². The third kappa shape index (κ3) is 3.02. The molecular formula is C19H22N2O2. The van der Waals surface area contributed by atoms with Crippen LogP contribution in [0.4, 0.5) is 16.2 Å². The zero-order valence-electron chi connectivity index (χ0n) is 14.0. The molecule has 0 saturated heterocycles. The van der Waals surface area contributed by atoms with Crippen molar-refractivity contribution < 1.29 is 9.53 Å². The molecular weight excluding hydrogens is 288 g/mol. The molecule has 1 heterocycles. The van der Waals surface area contributed by atoms with Gasteiger partial charge in [-0.25, -0.2) is 4.79 Å². The second-order valence-electron chi connectivity index (χ2n) is 6.19. The molecule has 0 unspecified atom stereocenters. The molecule has 2 aromatic carbocycles. The van der Waals surface area contributed by atoms with Gasteiger partial charge in [-0.05, 0) is 62.6 Å². The van der Waals surface area contributed by atoms with Crippen LogP contribution in [0, 0.1) is 20.8 Å². The summed E-state index contributed by atoms with van der Waals surface area (Å²) in [5, 5.41) is 3.03. The van der Waals surface area contributed by atoms with Gasteiger partial charge in [0.1, 0.15) is 11.9 Å². The van der Waals surface area contributed by atoms with E-state index in [9.17, 15) is 4.79 Å². The van der Waals surface area contributed by atoms with E-state index in [-0.39, 0.29) is 12.1 Å². The van der Waals surface area contributed by atoms with Crippen LogP contribution in [0.1, 0.15) is 23.6 Å². The van der Waals surface area contributed by atoms with Crippen molar-refractivity contribution in [3.05, 3.63) is 53.1 Å². The number of nitrogens with zero attached hydrogens (tertiary/aromatic N) is 1. The SMILES string of the molecule is Cc1ccc2c(c1)N(C(=O)Nc1cccc(C)c1C)C[C@@H](C)O2. The number of hydrogen-bond acceptors (Lipinski definition) is 2. The number of carbonyl (C=O) groups is 1. The number of anilines is 2. The maximum absolute atomic E-state index is 12.8. The zero-order valence-corrected chi connectivity index (χ0v) is 14.0. The minimum Gasteiger partial charge on any atom is -0.487 e. The van der Waals surface area contributed by atoms with E-state index in [4.69, 9.17) is 4.74 Å². The number of fused-ring (bicyclic) bond motifs is 1. The van der Waals surface area contributed by atoms with Gasteiger partial charge in [0.05, 0.1) is 12.2 Å². The van der Waals surface area contributed by atoms with E-state index in [1.807, 2.05) is 64.1 Å². The summed E-state index contributed by atoms with van der Waals surface area (Å²) in [4.78, 5) is 14.6. The first-order valence-electron chi connectivity index (χ1n) is 7.88. The highest BCUT2D eigenvalue weighted by molar-refractivity contribution is 6.03. The molecule has 0 fully saturated rings. The molecule has 4 nitrogen and oxygen atoms in total. The van der Waals surface area contributed by atoms with Gasteiger partial charge in [-0.3, -0.25) is 4.90 Å². The van der Waals surface area contributed by atoms with E-state index in [0.29, 0.717) is 6.54 Å². The van der Waals surface area contributed by atoms with E-state index in [0.717, 1.165) is 33.8 Å². The van der Waals surface area contributed by atoms with Crippen molar-refractivity contribution in [3.63, 3.8) is 0 Å². The largest absolute Gasteiger partial charge is 0.487 e. The Morgan fingerprint density at radius 1 is 1.22 bits per heavy atom. The Morgan fingerprint density at radius 3 is 2.78 bits per heavy atom. The minimum atomic E-state index is -0.124. The van der Waals surface area contributed by atoms with Gasteiger partial charge in [-0.1, -0.05) is 18.2 Å². The Bertz CT molecular complexity index is 755. The quantitative estimate of drug-likeness (QED) is 0.846.